The lowest BCUT2D eigenvalue weighted by Crippen LogP contribution is -2.12. The molecule has 4 N–H and O–H groups in total. The summed E-state index contributed by atoms with van der Waals surface area (Å²) in [5.41, 5.74) is 3.74. The molecule has 1 heterocycles. The van der Waals surface area contributed by atoms with Crippen LogP contribution in [0.5, 0.6) is 0 Å². The van der Waals surface area contributed by atoms with Crippen molar-refractivity contribution >= 4 is 33.3 Å². The standard InChI is InChI=1S/C12H11BrF2N4/c1-6-2-3-10(7(13)4-6)17-11-8(14)5-9(15)12(18-11)19-16/h2-5H,16H2,1H3,(H2,17,18,19). The number of pyridine rings is 1. The first-order chi connectivity index (χ1) is 9.01. The molecule has 0 radical (unpaired) electrons. The fourth-order valence-corrected chi connectivity index (χ4v) is 2.10. The predicted molar refractivity (Wildman–Crippen MR) is 74.1 cm³/mol. The van der Waals surface area contributed by atoms with Gasteiger partial charge in [0.05, 0.1) is 5.69 Å². The number of anilines is 3. The zero-order valence-corrected chi connectivity index (χ0v) is 11.6. The van der Waals surface area contributed by atoms with E-state index in [0.29, 0.717) is 11.8 Å². The Balaban J connectivity index is 2.37. The quantitative estimate of drug-likeness (QED) is 0.596. The van der Waals surface area contributed by atoms with E-state index in [0.717, 1.165) is 10.0 Å². The Morgan fingerprint density at radius 1 is 1.16 bits per heavy atom. The molecule has 0 aliphatic carbocycles. The molecule has 0 bridgehead atoms. The van der Waals surface area contributed by atoms with Gasteiger partial charge in [0.1, 0.15) is 0 Å². The third-order valence-corrected chi connectivity index (χ3v) is 3.10. The summed E-state index contributed by atoms with van der Waals surface area (Å²) in [4.78, 5) is 3.73. The number of nitrogens with one attached hydrogen (secondary N) is 2. The molecule has 0 spiro atoms. The molecule has 1 aromatic carbocycles. The van der Waals surface area contributed by atoms with Crippen molar-refractivity contribution in [1.82, 2.24) is 4.98 Å². The number of nitrogens with two attached hydrogens (primary N) is 1. The summed E-state index contributed by atoms with van der Waals surface area (Å²) in [6.07, 6.45) is 0. The highest BCUT2D eigenvalue weighted by molar-refractivity contribution is 9.10. The third-order valence-electron chi connectivity index (χ3n) is 2.44. The van der Waals surface area contributed by atoms with E-state index in [9.17, 15) is 8.78 Å². The van der Waals surface area contributed by atoms with Crippen LogP contribution in [-0.2, 0) is 0 Å². The number of halogens is 3. The fourth-order valence-electron chi connectivity index (χ4n) is 1.50. The topological polar surface area (TPSA) is 63.0 Å². The Labute approximate surface area is 117 Å². The average molecular weight is 329 g/mol. The zero-order valence-electron chi connectivity index (χ0n) is 9.97. The summed E-state index contributed by atoms with van der Waals surface area (Å²) in [6, 6.07) is 6.20. The van der Waals surface area contributed by atoms with Crippen LogP contribution in [0.1, 0.15) is 5.56 Å². The van der Waals surface area contributed by atoms with E-state index in [1.165, 1.54) is 0 Å². The molecular formula is C12H11BrF2N4. The summed E-state index contributed by atoms with van der Waals surface area (Å²) in [7, 11) is 0. The van der Waals surface area contributed by atoms with Gasteiger partial charge in [-0.25, -0.2) is 19.6 Å². The van der Waals surface area contributed by atoms with Crippen LogP contribution in [0, 0.1) is 18.6 Å². The molecule has 0 saturated heterocycles. The second-order valence-corrected chi connectivity index (χ2v) is 4.76. The van der Waals surface area contributed by atoms with Crippen molar-refractivity contribution in [1.29, 1.82) is 0 Å². The van der Waals surface area contributed by atoms with Crippen LogP contribution in [0.2, 0.25) is 0 Å². The molecule has 100 valence electrons. The van der Waals surface area contributed by atoms with E-state index in [1.54, 1.807) is 6.07 Å². The number of nitrogen functional groups attached to an aromatic ring is 1. The molecule has 0 fully saturated rings. The minimum atomic E-state index is -0.853. The van der Waals surface area contributed by atoms with Crippen molar-refractivity contribution in [3.05, 3.63) is 45.9 Å². The number of hydrazine groups is 1. The molecule has 0 saturated carbocycles. The highest BCUT2D eigenvalue weighted by Crippen LogP contribution is 2.28. The van der Waals surface area contributed by atoms with Gasteiger partial charge in [-0.1, -0.05) is 6.07 Å². The maximum absolute atomic E-state index is 13.6. The lowest BCUT2D eigenvalue weighted by atomic mass is 10.2. The van der Waals surface area contributed by atoms with E-state index >= 15 is 0 Å². The number of hydrogen-bond acceptors (Lipinski definition) is 4. The molecule has 0 aliphatic rings. The van der Waals surface area contributed by atoms with Crippen LogP contribution >= 0.6 is 15.9 Å². The molecule has 0 unspecified atom stereocenters. The molecule has 19 heavy (non-hydrogen) atoms. The summed E-state index contributed by atoms with van der Waals surface area (Å²) < 4.78 is 27.6. The van der Waals surface area contributed by atoms with Gasteiger partial charge in [0, 0.05) is 10.5 Å². The number of aryl methyl sites for hydroxylation is 1. The second-order valence-electron chi connectivity index (χ2n) is 3.90. The Bertz CT molecular complexity index is 619. The first-order valence-corrected chi connectivity index (χ1v) is 6.16. The van der Waals surface area contributed by atoms with Gasteiger partial charge in [-0.2, -0.15) is 0 Å². The summed E-state index contributed by atoms with van der Waals surface area (Å²) in [6.45, 7) is 1.93. The molecule has 2 aromatic rings. The van der Waals surface area contributed by atoms with Gasteiger partial charge in [0.15, 0.2) is 23.3 Å². The van der Waals surface area contributed by atoms with Gasteiger partial charge < -0.3 is 10.7 Å². The van der Waals surface area contributed by atoms with Crippen molar-refractivity contribution in [3.63, 3.8) is 0 Å². The minimum Gasteiger partial charge on any atom is -0.337 e. The maximum Gasteiger partial charge on any atom is 0.178 e. The smallest absolute Gasteiger partial charge is 0.178 e. The van der Waals surface area contributed by atoms with Crippen LogP contribution in [-0.4, -0.2) is 4.98 Å². The van der Waals surface area contributed by atoms with Crippen molar-refractivity contribution in [3.8, 4) is 0 Å². The molecule has 4 nitrogen and oxygen atoms in total. The number of benzene rings is 1. The Kier molecular flexibility index (Phi) is 3.96. The van der Waals surface area contributed by atoms with Gasteiger partial charge in [-0.3, -0.25) is 0 Å². The van der Waals surface area contributed by atoms with E-state index in [-0.39, 0.29) is 11.6 Å². The highest BCUT2D eigenvalue weighted by atomic mass is 79.9. The van der Waals surface area contributed by atoms with Crippen molar-refractivity contribution < 1.29 is 8.78 Å². The van der Waals surface area contributed by atoms with E-state index in [1.807, 2.05) is 19.1 Å². The van der Waals surface area contributed by atoms with Gasteiger partial charge in [0.25, 0.3) is 0 Å². The summed E-state index contributed by atoms with van der Waals surface area (Å²) >= 11 is 3.35. The molecule has 7 heteroatoms. The minimum absolute atomic E-state index is 0.112. The van der Waals surface area contributed by atoms with E-state index in [2.05, 4.69) is 31.7 Å². The molecule has 2 rings (SSSR count). The van der Waals surface area contributed by atoms with Gasteiger partial charge in [-0.15, -0.1) is 0 Å². The van der Waals surface area contributed by atoms with Gasteiger partial charge in [0.2, 0.25) is 0 Å². The number of nitrogens with zero attached hydrogens (tertiary/aromatic N) is 1. The first kappa shape index (κ1) is 13.7. The van der Waals surface area contributed by atoms with Crippen LogP contribution in [0.4, 0.5) is 26.1 Å². The lowest BCUT2D eigenvalue weighted by molar-refractivity contribution is 0.579. The normalized spacial score (nSPS) is 10.4. The van der Waals surface area contributed by atoms with Crippen molar-refractivity contribution in [2.75, 3.05) is 10.7 Å². The third kappa shape index (κ3) is 2.99. The molecule has 0 atom stereocenters. The van der Waals surface area contributed by atoms with Gasteiger partial charge >= 0.3 is 0 Å². The maximum atomic E-state index is 13.6. The predicted octanol–water partition coefficient (Wildman–Crippen LogP) is 3.46. The zero-order chi connectivity index (χ0) is 14.0. The van der Waals surface area contributed by atoms with Crippen LogP contribution in [0.25, 0.3) is 0 Å². The number of aromatic nitrogens is 1. The fraction of sp³-hybridized carbons (Fsp3) is 0.0833. The summed E-state index contributed by atoms with van der Waals surface area (Å²) in [5.74, 6) is 3.10. The van der Waals surface area contributed by atoms with Crippen LogP contribution in [0.3, 0.4) is 0 Å². The Morgan fingerprint density at radius 3 is 2.47 bits per heavy atom. The van der Waals surface area contributed by atoms with Crippen LogP contribution < -0.4 is 16.6 Å². The number of rotatable bonds is 3. The van der Waals surface area contributed by atoms with Crippen molar-refractivity contribution in [2.24, 2.45) is 5.84 Å². The number of hydrogen-bond donors (Lipinski definition) is 3. The molecule has 1 aromatic heterocycles. The van der Waals surface area contributed by atoms with Crippen LogP contribution in [0.15, 0.2) is 28.7 Å². The molecule has 0 amide bonds. The van der Waals surface area contributed by atoms with Crippen molar-refractivity contribution in [2.45, 2.75) is 6.92 Å². The largest absolute Gasteiger partial charge is 0.337 e. The highest BCUT2D eigenvalue weighted by Gasteiger charge is 2.12. The lowest BCUT2D eigenvalue weighted by Gasteiger charge is -2.11. The Hall–Kier alpha value is -1.73. The van der Waals surface area contributed by atoms with E-state index < -0.39 is 11.6 Å². The Morgan fingerprint density at radius 2 is 1.84 bits per heavy atom. The molecular weight excluding hydrogens is 318 g/mol. The van der Waals surface area contributed by atoms with E-state index in [4.69, 9.17) is 5.84 Å². The average Bonchev–Trinajstić information content (AvgIpc) is 2.35. The SMILES string of the molecule is Cc1ccc(Nc2nc(NN)c(F)cc2F)c(Br)c1. The summed E-state index contributed by atoms with van der Waals surface area (Å²) in [5, 5.41) is 2.77. The monoisotopic (exact) mass is 328 g/mol. The second kappa shape index (κ2) is 5.50. The molecule has 0 aliphatic heterocycles. The van der Waals surface area contributed by atoms with Gasteiger partial charge in [-0.05, 0) is 40.5 Å². The first-order valence-electron chi connectivity index (χ1n) is 5.37.